The van der Waals surface area contributed by atoms with Gasteiger partial charge in [-0.25, -0.2) is 0 Å². The standard InChI is InChI=1S/C20H25N3O3/c1-15-6-4-7-16(10-15)20(25)23-11-17-8-5-9-22(17)12-18(13-23)26-14-19(24)21(2)3/h4-10,18H,11-14H2,1-3H3/t18-/m1/s1. The van der Waals surface area contributed by atoms with Gasteiger partial charge < -0.3 is 19.1 Å². The Labute approximate surface area is 154 Å². The maximum atomic E-state index is 13.0. The molecular formula is C20H25N3O3. The Hall–Kier alpha value is -2.60. The molecule has 0 radical (unpaired) electrons. The molecule has 26 heavy (non-hydrogen) atoms. The zero-order chi connectivity index (χ0) is 18.7. The summed E-state index contributed by atoms with van der Waals surface area (Å²) in [5, 5.41) is 0. The van der Waals surface area contributed by atoms with Gasteiger partial charge in [-0.2, -0.15) is 0 Å². The van der Waals surface area contributed by atoms with Crippen molar-refractivity contribution in [1.29, 1.82) is 0 Å². The fourth-order valence-electron chi connectivity index (χ4n) is 3.09. The van der Waals surface area contributed by atoms with Gasteiger partial charge in [0.1, 0.15) is 6.61 Å². The van der Waals surface area contributed by atoms with Gasteiger partial charge in [0.15, 0.2) is 0 Å². The molecule has 0 fully saturated rings. The molecule has 1 aromatic carbocycles. The molecule has 0 aliphatic carbocycles. The highest BCUT2D eigenvalue weighted by molar-refractivity contribution is 5.94. The molecule has 1 aliphatic rings. The van der Waals surface area contributed by atoms with E-state index in [1.165, 1.54) is 4.90 Å². The van der Waals surface area contributed by atoms with Crippen molar-refractivity contribution in [3.8, 4) is 0 Å². The quantitative estimate of drug-likeness (QED) is 0.842. The number of carbonyl (C=O) groups is 2. The van der Waals surface area contributed by atoms with Gasteiger partial charge in [0.05, 0.1) is 19.2 Å². The number of rotatable bonds is 4. The van der Waals surface area contributed by atoms with Gasteiger partial charge >= 0.3 is 0 Å². The number of aryl methyl sites for hydroxylation is 1. The SMILES string of the molecule is Cc1cccc(C(=O)N2Cc3cccn3C[C@@H](OCC(=O)N(C)C)C2)c1. The zero-order valence-corrected chi connectivity index (χ0v) is 15.5. The molecule has 1 aliphatic heterocycles. The van der Waals surface area contributed by atoms with Gasteiger partial charge in [-0.05, 0) is 31.2 Å². The molecule has 1 atom stereocenters. The third kappa shape index (κ3) is 4.14. The van der Waals surface area contributed by atoms with Crippen molar-refractivity contribution in [2.24, 2.45) is 0 Å². The number of aromatic nitrogens is 1. The maximum Gasteiger partial charge on any atom is 0.254 e. The van der Waals surface area contributed by atoms with E-state index in [1.807, 2.05) is 49.5 Å². The number of hydrogen-bond donors (Lipinski definition) is 0. The molecule has 2 amide bonds. The largest absolute Gasteiger partial charge is 0.365 e. The molecule has 0 spiro atoms. The van der Waals surface area contributed by atoms with Crippen molar-refractivity contribution >= 4 is 11.8 Å². The Balaban J connectivity index is 1.79. The molecule has 138 valence electrons. The van der Waals surface area contributed by atoms with Crippen LogP contribution in [0.2, 0.25) is 0 Å². The molecule has 0 bridgehead atoms. The molecule has 2 aromatic rings. The normalized spacial score (nSPS) is 16.7. The molecule has 3 rings (SSSR count). The number of likely N-dealkylation sites (N-methyl/N-ethyl adjacent to an activating group) is 1. The summed E-state index contributed by atoms with van der Waals surface area (Å²) in [6.45, 7) is 3.60. The van der Waals surface area contributed by atoms with Crippen LogP contribution in [-0.4, -0.2) is 59.5 Å². The minimum absolute atomic E-state index is 0.0146. The smallest absolute Gasteiger partial charge is 0.254 e. The number of benzene rings is 1. The predicted octanol–water partition coefficient (Wildman–Crippen LogP) is 1.93. The molecule has 0 saturated heterocycles. The predicted molar refractivity (Wildman–Crippen MR) is 98.8 cm³/mol. The Kier molecular flexibility index (Phi) is 5.42. The number of amides is 2. The van der Waals surface area contributed by atoms with Gasteiger partial charge in [0.25, 0.3) is 5.91 Å². The second kappa shape index (κ2) is 7.74. The van der Waals surface area contributed by atoms with Gasteiger partial charge in [0, 0.05) is 38.1 Å². The zero-order valence-electron chi connectivity index (χ0n) is 15.5. The Morgan fingerprint density at radius 2 is 2.00 bits per heavy atom. The Morgan fingerprint density at radius 1 is 1.19 bits per heavy atom. The van der Waals surface area contributed by atoms with Crippen LogP contribution in [0.5, 0.6) is 0 Å². The number of nitrogens with zero attached hydrogens (tertiary/aromatic N) is 3. The molecular weight excluding hydrogens is 330 g/mol. The average Bonchev–Trinajstić information content (AvgIpc) is 2.97. The van der Waals surface area contributed by atoms with Crippen molar-refractivity contribution in [2.75, 3.05) is 27.2 Å². The summed E-state index contributed by atoms with van der Waals surface area (Å²) in [5.41, 5.74) is 2.79. The van der Waals surface area contributed by atoms with E-state index in [-0.39, 0.29) is 24.5 Å². The van der Waals surface area contributed by atoms with E-state index in [2.05, 4.69) is 4.57 Å². The molecule has 6 nitrogen and oxygen atoms in total. The lowest BCUT2D eigenvalue weighted by Gasteiger charge is -2.25. The summed E-state index contributed by atoms with van der Waals surface area (Å²) in [7, 11) is 3.41. The van der Waals surface area contributed by atoms with Crippen LogP contribution in [0.3, 0.4) is 0 Å². The number of carbonyl (C=O) groups excluding carboxylic acids is 2. The first-order chi connectivity index (χ1) is 12.4. The summed E-state index contributed by atoms with van der Waals surface area (Å²) < 4.78 is 7.94. The summed E-state index contributed by atoms with van der Waals surface area (Å²) in [6, 6.07) is 11.6. The van der Waals surface area contributed by atoms with Crippen LogP contribution in [0.4, 0.5) is 0 Å². The van der Waals surface area contributed by atoms with Gasteiger partial charge in [-0.1, -0.05) is 17.7 Å². The molecule has 1 aromatic heterocycles. The summed E-state index contributed by atoms with van der Waals surface area (Å²) >= 11 is 0. The van der Waals surface area contributed by atoms with Gasteiger partial charge in [0.2, 0.25) is 5.91 Å². The van der Waals surface area contributed by atoms with E-state index >= 15 is 0 Å². The molecule has 2 heterocycles. The molecule has 6 heteroatoms. The minimum atomic E-state index is -0.235. The highest BCUT2D eigenvalue weighted by atomic mass is 16.5. The van der Waals surface area contributed by atoms with E-state index < -0.39 is 0 Å². The van der Waals surface area contributed by atoms with Crippen LogP contribution >= 0.6 is 0 Å². The van der Waals surface area contributed by atoms with Crippen LogP contribution in [-0.2, 0) is 22.6 Å². The van der Waals surface area contributed by atoms with E-state index in [0.717, 1.165) is 11.3 Å². The van der Waals surface area contributed by atoms with E-state index in [0.29, 0.717) is 25.2 Å². The topological polar surface area (TPSA) is 54.8 Å². The maximum absolute atomic E-state index is 13.0. The third-order valence-corrected chi connectivity index (χ3v) is 4.59. The van der Waals surface area contributed by atoms with Gasteiger partial charge in [-0.15, -0.1) is 0 Å². The summed E-state index contributed by atoms with van der Waals surface area (Å²) in [5.74, 6) is -0.102. The fourth-order valence-corrected chi connectivity index (χ4v) is 3.09. The highest BCUT2D eigenvalue weighted by Crippen LogP contribution is 2.18. The Morgan fingerprint density at radius 3 is 2.73 bits per heavy atom. The van der Waals surface area contributed by atoms with Crippen LogP contribution in [0, 0.1) is 6.92 Å². The second-order valence-electron chi connectivity index (χ2n) is 6.93. The Bertz CT molecular complexity index is 797. The van der Waals surface area contributed by atoms with Crippen LogP contribution in [0.25, 0.3) is 0 Å². The van der Waals surface area contributed by atoms with E-state index in [4.69, 9.17) is 4.74 Å². The summed E-state index contributed by atoms with van der Waals surface area (Å²) in [4.78, 5) is 28.2. The van der Waals surface area contributed by atoms with Crippen molar-refractivity contribution in [3.63, 3.8) is 0 Å². The first-order valence-electron chi connectivity index (χ1n) is 8.76. The third-order valence-electron chi connectivity index (χ3n) is 4.59. The lowest BCUT2D eigenvalue weighted by molar-refractivity contribution is -0.136. The first kappa shape index (κ1) is 18.2. The second-order valence-corrected chi connectivity index (χ2v) is 6.93. The number of fused-ring (bicyclic) bond motifs is 1. The monoisotopic (exact) mass is 355 g/mol. The van der Waals surface area contributed by atoms with Crippen molar-refractivity contribution in [3.05, 3.63) is 59.4 Å². The van der Waals surface area contributed by atoms with Crippen molar-refractivity contribution < 1.29 is 14.3 Å². The molecule has 0 saturated carbocycles. The fraction of sp³-hybridized carbons (Fsp3) is 0.400. The molecule has 0 N–H and O–H groups in total. The highest BCUT2D eigenvalue weighted by Gasteiger charge is 2.26. The number of hydrogen-bond acceptors (Lipinski definition) is 3. The van der Waals surface area contributed by atoms with Crippen molar-refractivity contribution in [2.45, 2.75) is 26.1 Å². The van der Waals surface area contributed by atoms with Crippen molar-refractivity contribution in [1.82, 2.24) is 14.4 Å². The minimum Gasteiger partial charge on any atom is -0.365 e. The molecule has 0 unspecified atom stereocenters. The van der Waals surface area contributed by atoms with E-state index in [9.17, 15) is 9.59 Å². The van der Waals surface area contributed by atoms with Gasteiger partial charge in [-0.3, -0.25) is 9.59 Å². The van der Waals surface area contributed by atoms with E-state index in [1.54, 1.807) is 19.0 Å². The lowest BCUT2D eigenvalue weighted by Crippen LogP contribution is -2.39. The number of ether oxygens (including phenoxy) is 1. The van der Waals surface area contributed by atoms with Crippen LogP contribution < -0.4 is 0 Å². The first-order valence-corrected chi connectivity index (χ1v) is 8.76. The van der Waals surface area contributed by atoms with Crippen LogP contribution in [0.15, 0.2) is 42.6 Å². The average molecular weight is 355 g/mol. The van der Waals surface area contributed by atoms with Crippen LogP contribution in [0.1, 0.15) is 21.6 Å². The lowest BCUT2D eigenvalue weighted by atomic mass is 10.1. The summed E-state index contributed by atoms with van der Waals surface area (Å²) in [6.07, 6.45) is 1.75.